The fourth-order valence-corrected chi connectivity index (χ4v) is 2.18. The van der Waals surface area contributed by atoms with Gasteiger partial charge in [-0.05, 0) is 18.6 Å². The van der Waals surface area contributed by atoms with Crippen molar-refractivity contribution in [3.8, 4) is 0 Å². The van der Waals surface area contributed by atoms with Gasteiger partial charge in [0.05, 0.1) is 29.8 Å². The Hall–Kier alpha value is -2.27. The number of halogens is 1. The topological polar surface area (TPSA) is 68.2 Å². The van der Waals surface area contributed by atoms with Gasteiger partial charge in [0.25, 0.3) is 0 Å². The minimum Gasteiger partial charge on any atom is -0.396 e. The van der Waals surface area contributed by atoms with Crippen LogP contribution in [0.2, 0.25) is 5.15 Å². The van der Waals surface area contributed by atoms with Crippen LogP contribution in [0.15, 0.2) is 36.8 Å². The highest BCUT2D eigenvalue weighted by atomic mass is 35.5. The van der Waals surface area contributed by atoms with E-state index < -0.39 is 0 Å². The van der Waals surface area contributed by atoms with E-state index in [1.54, 1.807) is 6.07 Å². The summed E-state index contributed by atoms with van der Waals surface area (Å²) in [5.41, 5.74) is 10.2. The first-order valence-corrected chi connectivity index (χ1v) is 6.59. The first-order valence-electron chi connectivity index (χ1n) is 6.21. The molecule has 0 aliphatic heterocycles. The van der Waals surface area contributed by atoms with Crippen LogP contribution in [-0.4, -0.2) is 14.4 Å². The molecule has 3 rings (SSSR count). The lowest BCUT2D eigenvalue weighted by atomic mass is 10.3. The van der Waals surface area contributed by atoms with Crippen molar-refractivity contribution in [3.63, 3.8) is 0 Å². The summed E-state index contributed by atoms with van der Waals surface area (Å²) in [7, 11) is 0. The second-order valence-corrected chi connectivity index (χ2v) is 5.04. The van der Waals surface area contributed by atoms with E-state index in [1.165, 1.54) is 11.8 Å². The number of nitrogens with one attached hydrogen (secondary N) is 1. The highest BCUT2D eigenvalue weighted by Gasteiger charge is 2.04. The SMILES string of the molecule is Cc1ccc2nc(CNc3cc(Cl)ncc3N)cn2c1. The standard InChI is InChI=1S/C14H14ClN5/c1-9-2-3-14-19-10(8-20(14)7-9)5-17-12-4-13(15)18-6-11(12)16/h2-4,6-8H,5,16H2,1H3,(H,17,18). The van der Waals surface area contributed by atoms with E-state index in [0.717, 1.165) is 17.0 Å². The van der Waals surface area contributed by atoms with Crippen LogP contribution in [0.1, 0.15) is 11.3 Å². The number of anilines is 2. The third kappa shape index (κ3) is 2.53. The zero-order valence-corrected chi connectivity index (χ0v) is 11.7. The van der Waals surface area contributed by atoms with Crippen molar-refractivity contribution in [3.05, 3.63) is 53.2 Å². The van der Waals surface area contributed by atoms with Gasteiger partial charge in [-0.3, -0.25) is 0 Å². The molecule has 0 unspecified atom stereocenters. The number of nitrogens with zero attached hydrogens (tertiary/aromatic N) is 3. The van der Waals surface area contributed by atoms with Crippen LogP contribution in [0.3, 0.4) is 0 Å². The molecule has 0 spiro atoms. The van der Waals surface area contributed by atoms with E-state index in [9.17, 15) is 0 Å². The summed E-state index contributed by atoms with van der Waals surface area (Å²) >= 11 is 5.85. The normalized spacial score (nSPS) is 10.9. The number of aryl methyl sites for hydroxylation is 1. The molecule has 0 radical (unpaired) electrons. The molecule has 3 heterocycles. The summed E-state index contributed by atoms with van der Waals surface area (Å²) in [6.45, 7) is 2.63. The van der Waals surface area contributed by atoms with Crippen LogP contribution in [-0.2, 0) is 6.54 Å². The van der Waals surface area contributed by atoms with Crippen molar-refractivity contribution < 1.29 is 0 Å². The van der Waals surface area contributed by atoms with Gasteiger partial charge in [0.15, 0.2) is 0 Å². The van der Waals surface area contributed by atoms with Gasteiger partial charge in [-0.1, -0.05) is 17.7 Å². The van der Waals surface area contributed by atoms with Crippen LogP contribution >= 0.6 is 11.6 Å². The molecule has 0 aliphatic rings. The molecule has 0 fully saturated rings. The maximum atomic E-state index is 5.85. The number of imidazole rings is 1. The minimum atomic E-state index is 0.410. The van der Waals surface area contributed by atoms with Crippen molar-refractivity contribution in [2.45, 2.75) is 13.5 Å². The largest absolute Gasteiger partial charge is 0.396 e. The predicted molar refractivity (Wildman–Crippen MR) is 80.9 cm³/mol. The Labute approximate surface area is 121 Å². The molecule has 0 saturated heterocycles. The predicted octanol–water partition coefficient (Wildman–Crippen LogP) is 2.89. The third-order valence-corrected chi connectivity index (χ3v) is 3.22. The minimum absolute atomic E-state index is 0.410. The number of pyridine rings is 2. The van der Waals surface area contributed by atoms with Gasteiger partial charge in [-0.2, -0.15) is 0 Å². The van der Waals surface area contributed by atoms with Crippen LogP contribution in [0.5, 0.6) is 0 Å². The van der Waals surface area contributed by atoms with E-state index in [-0.39, 0.29) is 0 Å². The second-order valence-electron chi connectivity index (χ2n) is 4.65. The van der Waals surface area contributed by atoms with Gasteiger partial charge < -0.3 is 15.5 Å². The van der Waals surface area contributed by atoms with Gasteiger partial charge in [0.2, 0.25) is 0 Å². The van der Waals surface area contributed by atoms with E-state index in [2.05, 4.69) is 22.2 Å². The van der Waals surface area contributed by atoms with Gasteiger partial charge in [0, 0.05) is 18.5 Å². The average Bonchev–Trinajstić information content (AvgIpc) is 2.81. The van der Waals surface area contributed by atoms with E-state index in [0.29, 0.717) is 17.4 Å². The number of nitrogen functional groups attached to an aromatic ring is 1. The molecule has 3 N–H and O–H groups in total. The zero-order chi connectivity index (χ0) is 14.1. The lowest BCUT2D eigenvalue weighted by Gasteiger charge is -2.07. The van der Waals surface area contributed by atoms with Gasteiger partial charge in [-0.25, -0.2) is 9.97 Å². The van der Waals surface area contributed by atoms with Gasteiger partial charge >= 0.3 is 0 Å². The Bertz CT molecular complexity index is 765. The smallest absolute Gasteiger partial charge is 0.137 e. The summed E-state index contributed by atoms with van der Waals surface area (Å²) in [4.78, 5) is 8.45. The number of fused-ring (bicyclic) bond motifs is 1. The average molecular weight is 288 g/mol. The number of hydrogen-bond acceptors (Lipinski definition) is 4. The molecule has 20 heavy (non-hydrogen) atoms. The summed E-state index contributed by atoms with van der Waals surface area (Å²) in [6, 6.07) is 5.74. The van der Waals surface area contributed by atoms with E-state index >= 15 is 0 Å². The second kappa shape index (κ2) is 5.02. The van der Waals surface area contributed by atoms with E-state index in [4.69, 9.17) is 17.3 Å². The summed E-state index contributed by atoms with van der Waals surface area (Å²) in [5.74, 6) is 0. The first kappa shape index (κ1) is 12.7. The van der Waals surface area contributed by atoms with Gasteiger partial charge in [-0.15, -0.1) is 0 Å². The molecule has 6 heteroatoms. The quantitative estimate of drug-likeness (QED) is 0.727. The molecule has 0 atom stereocenters. The van der Waals surface area contributed by atoms with Crippen LogP contribution in [0.4, 0.5) is 11.4 Å². The first-order chi connectivity index (χ1) is 9.61. The maximum absolute atomic E-state index is 5.85. The molecule has 102 valence electrons. The maximum Gasteiger partial charge on any atom is 0.137 e. The van der Waals surface area contributed by atoms with E-state index in [1.807, 2.05) is 28.9 Å². The van der Waals surface area contributed by atoms with Crippen molar-refractivity contribution in [2.24, 2.45) is 0 Å². The highest BCUT2D eigenvalue weighted by Crippen LogP contribution is 2.21. The Balaban J connectivity index is 1.81. The molecule has 5 nitrogen and oxygen atoms in total. The molecule has 0 amide bonds. The monoisotopic (exact) mass is 287 g/mol. The molecule has 0 saturated carbocycles. The fraction of sp³-hybridized carbons (Fsp3) is 0.143. The Morgan fingerprint density at radius 1 is 1.35 bits per heavy atom. The number of nitrogens with two attached hydrogens (primary N) is 1. The Morgan fingerprint density at radius 3 is 3.05 bits per heavy atom. The lowest BCUT2D eigenvalue weighted by molar-refractivity contribution is 1.08. The third-order valence-electron chi connectivity index (χ3n) is 3.01. The van der Waals surface area contributed by atoms with Gasteiger partial charge in [0.1, 0.15) is 10.8 Å². The zero-order valence-electron chi connectivity index (χ0n) is 11.0. The molecule has 0 aliphatic carbocycles. The van der Waals surface area contributed by atoms with Crippen molar-refractivity contribution in [1.29, 1.82) is 0 Å². The molecule has 3 aromatic rings. The van der Waals surface area contributed by atoms with Crippen molar-refractivity contribution in [2.75, 3.05) is 11.1 Å². The van der Waals surface area contributed by atoms with Crippen LogP contribution < -0.4 is 11.1 Å². The van der Waals surface area contributed by atoms with Crippen LogP contribution in [0, 0.1) is 6.92 Å². The number of rotatable bonds is 3. The fourth-order valence-electron chi connectivity index (χ4n) is 2.02. The molecular weight excluding hydrogens is 274 g/mol. The van der Waals surface area contributed by atoms with Crippen LogP contribution in [0.25, 0.3) is 5.65 Å². The lowest BCUT2D eigenvalue weighted by Crippen LogP contribution is -2.03. The summed E-state index contributed by atoms with van der Waals surface area (Å²) < 4.78 is 2.01. The van der Waals surface area contributed by atoms with Crippen molar-refractivity contribution in [1.82, 2.24) is 14.4 Å². The number of hydrogen-bond donors (Lipinski definition) is 2. The Kier molecular flexibility index (Phi) is 3.20. The highest BCUT2D eigenvalue weighted by molar-refractivity contribution is 6.29. The molecule has 0 aromatic carbocycles. The summed E-state index contributed by atoms with van der Waals surface area (Å²) in [5, 5.41) is 3.63. The summed E-state index contributed by atoms with van der Waals surface area (Å²) in [6.07, 6.45) is 5.58. The number of aromatic nitrogens is 3. The molecular formula is C14H14ClN5. The van der Waals surface area contributed by atoms with Crippen molar-refractivity contribution >= 4 is 28.6 Å². The Morgan fingerprint density at radius 2 is 2.20 bits per heavy atom. The molecule has 0 bridgehead atoms. The molecule has 3 aromatic heterocycles.